The fourth-order valence-electron chi connectivity index (χ4n) is 2.57. The Balaban J connectivity index is 1.63. The van der Waals surface area contributed by atoms with E-state index in [2.05, 4.69) is 10.6 Å². The van der Waals surface area contributed by atoms with E-state index in [1.807, 2.05) is 48.5 Å². The van der Waals surface area contributed by atoms with Gasteiger partial charge in [0.05, 0.1) is 13.2 Å². The minimum atomic E-state index is -0.0838. The lowest BCUT2D eigenvalue weighted by atomic mass is 10.2. The van der Waals surface area contributed by atoms with Gasteiger partial charge in [-0.2, -0.15) is 0 Å². The van der Waals surface area contributed by atoms with Crippen LogP contribution in [0, 0.1) is 0 Å². The Morgan fingerprint density at radius 1 is 1.13 bits per heavy atom. The summed E-state index contributed by atoms with van der Waals surface area (Å²) in [5.74, 6) is 2.03. The number of ether oxygens (including phenoxy) is 2. The lowest BCUT2D eigenvalue weighted by Gasteiger charge is -2.12. The van der Waals surface area contributed by atoms with Crippen LogP contribution in [0.2, 0.25) is 0 Å². The number of nitrogens with one attached hydrogen (secondary N) is 2. The van der Waals surface area contributed by atoms with E-state index in [0.29, 0.717) is 17.2 Å². The Hall–Kier alpha value is -2.53. The molecule has 1 aliphatic heterocycles. The van der Waals surface area contributed by atoms with Crippen molar-refractivity contribution >= 4 is 11.6 Å². The van der Waals surface area contributed by atoms with Gasteiger partial charge >= 0.3 is 0 Å². The van der Waals surface area contributed by atoms with E-state index in [1.165, 1.54) is 0 Å². The Morgan fingerprint density at radius 2 is 1.87 bits per heavy atom. The van der Waals surface area contributed by atoms with Crippen molar-refractivity contribution in [1.82, 2.24) is 5.32 Å². The average molecular weight is 312 g/mol. The molecule has 1 saturated heterocycles. The van der Waals surface area contributed by atoms with Crippen molar-refractivity contribution in [2.75, 3.05) is 19.0 Å². The molecule has 0 bridgehead atoms. The van der Waals surface area contributed by atoms with Gasteiger partial charge in [-0.3, -0.25) is 4.79 Å². The maximum atomic E-state index is 12.1. The van der Waals surface area contributed by atoms with Crippen LogP contribution in [0.5, 0.6) is 17.2 Å². The summed E-state index contributed by atoms with van der Waals surface area (Å²) in [6.45, 7) is 0.907. The molecule has 3 rings (SSSR count). The molecule has 2 aromatic carbocycles. The number of carbonyl (C=O) groups excluding carboxylic acids is 1. The summed E-state index contributed by atoms with van der Waals surface area (Å²) in [5.41, 5.74) is 0.760. The third-order valence-electron chi connectivity index (χ3n) is 3.80. The highest BCUT2D eigenvalue weighted by molar-refractivity contribution is 5.95. The number of methoxy groups -OCH3 is 1. The molecule has 5 nitrogen and oxygen atoms in total. The monoisotopic (exact) mass is 312 g/mol. The van der Waals surface area contributed by atoms with E-state index in [1.54, 1.807) is 7.11 Å². The Kier molecular flexibility index (Phi) is 4.78. The molecule has 5 heteroatoms. The van der Waals surface area contributed by atoms with Gasteiger partial charge in [-0.15, -0.1) is 0 Å². The van der Waals surface area contributed by atoms with Crippen molar-refractivity contribution in [3.8, 4) is 17.2 Å². The molecule has 1 amide bonds. The summed E-state index contributed by atoms with van der Waals surface area (Å²) in [5, 5.41) is 6.10. The van der Waals surface area contributed by atoms with Crippen LogP contribution in [-0.4, -0.2) is 25.6 Å². The molecular weight excluding hydrogens is 292 g/mol. The molecule has 0 radical (unpaired) electrons. The topological polar surface area (TPSA) is 59.6 Å². The maximum Gasteiger partial charge on any atom is 0.241 e. The number of rotatable bonds is 5. The summed E-state index contributed by atoms with van der Waals surface area (Å²) in [7, 11) is 1.61. The van der Waals surface area contributed by atoms with E-state index in [-0.39, 0.29) is 11.9 Å². The molecule has 23 heavy (non-hydrogen) atoms. The predicted octanol–water partition coefficient (Wildman–Crippen LogP) is 3.18. The zero-order valence-electron chi connectivity index (χ0n) is 13.0. The third kappa shape index (κ3) is 3.81. The highest BCUT2D eigenvalue weighted by Gasteiger charge is 2.21. The highest BCUT2D eigenvalue weighted by Crippen LogP contribution is 2.31. The molecule has 120 valence electrons. The van der Waals surface area contributed by atoms with Crippen LogP contribution in [-0.2, 0) is 4.79 Å². The molecular formula is C18H20N2O3. The van der Waals surface area contributed by atoms with Crippen molar-refractivity contribution in [2.24, 2.45) is 0 Å². The number of anilines is 1. The smallest absolute Gasteiger partial charge is 0.241 e. The number of carbonyl (C=O) groups is 1. The van der Waals surface area contributed by atoms with Gasteiger partial charge < -0.3 is 20.1 Å². The van der Waals surface area contributed by atoms with Gasteiger partial charge in [-0.25, -0.2) is 0 Å². The predicted molar refractivity (Wildman–Crippen MR) is 89.2 cm³/mol. The molecule has 1 atom stereocenters. The van der Waals surface area contributed by atoms with E-state index in [4.69, 9.17) is 9.47 Å². The highest BCUT2D eigenvalue weighted by atomic mass is 16.5. The first-order valence-electron chi connectivity index (χ1n) is 7.71. The first-order chi connectivity index (χ1) is 11.3. The van der Waals surface area contributed by atoms with Gasteiger partial charge in [0.15, 0.2) is 11.5 Å². The fraction of sp³-hybridized carbons (Fsp3) is 0.278. The number of hydrogen-bond acceptors (Lipinski definition) is 4. The van der Waals surface area contributed by atoms with Gasteiger partial charge in [0, 0.05) is 5.69 Å². The summed E-state index contributed by atoms with van der Waals surface area (Å²) in [6, 6.07) is 14.7. The second kappa shape index (κ2) is 7.15. The Bertz CT molecular complexity index is 664. The quantitative estimate of drug-likeness (QED) is 0.890. The van der Waals surface area contributed by atoms with E-state index >= 15 is 0 Å². The fourth-order valence-corrected chi connectivity index (χ4v) is 2.57. The number of benzene rings is 2. The third-order valence-corrected chi connectivity index (χ3v) is 3.80. The molecule has 1 aliphatic rings. The number of hydrogen-bond donors (Lipinski definition) is 2. The van der Waals surface area contributed by atoms with Crippen molar-refractivity contribution in [3.63, 3.8) is 0 Å². The van der Waals surface area contributed by atoms with Crippen LogP contribution in [0.15, 0.2) is 48.5 Å². The van der Waals surface area contributed by atoms with Crippen molar-refractivity contribution in [3.05, 3.63) is 48.5 Å². The minimum absolute atomic E-state index is 0.0147. The summed E-state index contributed by atoms with van der Waals surface area (Å²) in [4.78, 5) is 12.1. The van der Waals surface area contributed by atoms with Gasteiger partial charge in [0.25, 0.3) is 0 Å². The van der Waals surface area contributed by atoms with Gasteiger partial charge in [-0.1, -0.05) is 12.1 Å². The number of para-hydroxylation sites is 2. The van der Waals surface area contributed by atoms with Gasteiger partial charge in [0.1, 0.15) is 5.75 Å². The normalized spacial score (nSPS) is 16.8. The van der Waals surface area contributed by atoms with Crippen LogP contribution in [0.25, 0.3) is 0 Å². The lowest BCUT2D eigenvalue weighted by Crippen LogP contribution is -2.35. The van der Waals surface area contributed by atoms with E-state index < -0.39 is 0 Å². The molecule has 0 spiro atoms. The zero-order chi connectivity index (χ0) is 16.1. The van der Waals surface area contributed by atoms with E-state index in [0.717, 1.165) is 25.1 Å². The molecule has 2 aromatic rings. The first kappa shape index (κ1) is 15.4. The Morgan fingerprint density at radius 3 is 2.52 bits per heavy atom. The molecule has 2 N–H and O–H groups in total. The molecule has 0 aromatic heterocycles. The average Bonchev–Trinajstić information content (AvgIpc) is 3.12. The lowest BCUT2D eigenvalue weighted by molar-refractivity contribution is -0.117. The van der Waals surface area contributed by atoms with Crippen LogP contribution < -0.4 is 20.1 Å². The van der Waals surface area contributed by atoms with Crippen LogP contribution in [0.4, 0.5) is 5.69 Å². The van der Waals surface area contributed by atoms with Crippen LogP contribution >= 0.6 is 0 Å². The van der Waals surface area contributed by atoms with Crippen molar-refractivity contribution in [1.29, 1.82) is 0 Å². The van der Waals surface area contributed by atoms with Crippen molar-refractivity contribution < 1.29 is 14.3 Å². The van der Waals surface area contributed by atoms with Crippen LogP contribution in [0.3, 0.4) is 0 Å². The molecule has 0 saturated carbocycles. The molecule has 0 aliphatic carbocycles. The summed E-state index contributed by atoms with van der Waals surface area (Å²) < 4.78 is 11.1. The number of amides is 1. The minimum Gasteiger partial charge on any atom is -0.493 e. The van der Waals surface area contributed by atoms with E-state index in [9.17, 15) is 4.79 Å². The second-order valence-electron chi connectivity index (χ2n) is 5.42. The standard InChI is InChI=1S/C18H20N2O3/c1-22-16-6-2-3-7-17(16)23-14-10-8-13(9-11-14)20-18(21)15-5-4-12-19-15/h2-3,6-11,15,19H,4-5,12H2,1H3,(H,20,21)/t15-/m0/s1. The van der Waals surface area contributed by atoms with Gasteiger partial charge in [0.2, 0.25) is 5.91 Å². The first-order valence-corrected chi connectivity index (χ1v) is 7.71. The molecule has 1 fully saturated rings. The zero-order valence-corrected chi connectivity index (χ0v) is 13.0. The molecule has 0 unspecified atom stereocenters. The maximum absolute atomic E-state index is 12.1. The second-order valence-corrected chi connectivity index (χ2v) is 5.42. The SMILES string of the molecule is COc1ccccc1Oc1ccc(NC(=O)[C@@H]2CCCN2)cc1. The van der Waals surface area contributed by atoms with Crippen molar-refractivity contribution in [2.45, 2.75) is 18.9 Å². The largest absolute Gasteiger partial charge is 0.493 e. The summed E-state index contributed by atoms with van der Waals surface area (Å²) >= 11 is 0. The van der Waals surface area contributed by atoms with Crippen LogP contribution in [0.1, 0.15) is 12.8 Å². The Labute approximate surface area is 135 Å². The molecule has 1 heterocycles. The summed E-state index contributed by atoms with van der Waals surface area (Å²) in [6.07, 6.45) is 1.94. The van der Waals surface area contributed by atoms with Gasteiger partial charge in [-0.05, 0) is 55.8 Å².